The summed E-state index contributed by atoms with van der Waals surface area (Å²) < 4.78 is 6.25. The van der Waals surface area contributed by atoms with Crippen molar-refractivity contribution in [3.8, 4) is 0 Å². The molecular formula is C21H27N3O2S. The van der Waals surface area contributed by atoms with Crippen molar-refractivity contribution in [3.63, 3.8) is 0 Å². The first-order valence-corrected chi connectivity index (χ1v) is 10.6. The molecule has 2 aliphatic rings. The molecule has 0 bridgehead atoms. The molecule has 0 aliphatic carbocycles. The number of ether oxygens (including phenoxy) is 1. The maximum Gasteiger partial charge on any atom is 0.251 e. The molecule has 5 nitrogen and oxygen atoms in total. The first-order chi connectivity index (χ1) is 13.1. The summed E-state index contributed by atoms with van der Waals surface area (Å²) >= 11 is 1.61. The van der Waals surface area contributed by atoms with E-state index in [4.69, 9.17) is 4.74 Å². The van der Waals surface area contributed by atoms with E-state index in [0.29, 0.717) is 13.1 Å². The van der Waals surface area contributed by atoms with Crippen LogP contribution in [0.4, 0.5) is 0 Å². The molecule has 2 fully saturated rings. The Labute approximate surface area is 165 Å². The molecule has 0 N–H and O–H groups in total. The third kappa shape index (κ3) is 4.39. The highest BCUT2D eigenvalue weighted by molar-refractivity contribution is 7.09. The van der Waals surface area contributed by atoms with Gasteiger partial charge in [0.1, 0.15) is 11.1 Å². The Kier molecular flexibility index (Phi) is 5.57. The minimum Gasteiger partial charge on any atom is -0.360 e. The molecule has 1 aromatic heterocycles. The second-order valence-electron chi connectivity index (χ2n) is 7.64. The van der Waals surface area contributed by atoms with Gasteiger partial charge < -0.3 is 14.5 Å². The molecule has 144 valence electrons. The largest absolute Gasteiger partial charge is 0.360 e. The molecule has 1 unspecified atom stereocenters. The minimum atomic E-state index is -0.366. The predicted molar refractivity (Wildman–Crippen MR) is 107 cm³/mol. The van der Waals surface area contributed by atoms with Gasteiger partial charge in [0, 0.05) is 31.2 Å². The van der Waals surface area contributed by atoms with Crippen LogP contribution < -0.4 is 0 Å². The Bertz CT molecular complexity index is 742. The van der Waals surface area contributed by atoms with Crippen molar-refractivity contribution in [2.75, 3.05) is 26.2 Å². The molecule has 0 saturated carbocycles. The van der Waals surface area contributed by atoms with Gasteiger partial charge in [-0.2, -0.15) is 0 Å². The highest BCUT2D eigenvalue weighted by Gasteiger charge is 2.45. The average molecular weight is 386 g/mol. The summed E-state index contributed by atoms with van der Waals surface area (Å²) in [6.07, 6.45) is 4.48. The van der Waals surface area contributed by atoms with Crippen LogP contribution in [0.5, 0.6) is 0 Å². The predicted octanol–water partition coefficient (Wildman–Crippen LogP) is 2.97. The van der Waals surface area contributed by atoms with Gasteiger partial charge in [-0.15, -0.1) is 11.3 Å². The number of thiazole rings is 1. The summed E-state index contributed by atoms with van der Waals surface area (Å²) in [5, 5.41) is 2.96. The van der Waals surface area contributed by atoms with Gasteiger partial charge in [0.05, 0.1) is 18.7 Å². The third-order valence-corrected chi connectivity index (χ3v) is 6.47. The van der Waals surface area contributed by atoms with Crippen molar-refractivity contribution >= 4 is 17.2 Å². The van der Waals surface area contributed by atoms with E-state index in [2.05, 4.69) is 40.2 Å². The van der Waals surface area contributed by atoms with Crippen molar-refractivity contribution in [2.45, 2.75) is 44.4 Å². The average Bonchev–Trinajstić information content (AvgIpc) is 3.19. The van der Waals surface area contributed by atoms with Crippen LogP contribution in [-0.2, 0) is 22.5 Å². The van der Waals surface area contributed by atoms with Gasteiger partial charge in [0.15, 0.2) is 0 Å². The fourth-order valence-electron chi connectivity index (χ4n) is 4.17. The van der Waals surface area contributed by atoms with E-state index in [1.807, 2.05) is 17.2 Å². The van der Waals surface area contributed by atoms with E-state index < -0.39 is 0 Å². The summed E-state index contributed by atoms with van der Waals surface area (Å²) in [4.78, 5) is 21.4. The van der Waals surface area contributed by atoms with Gasteiger partial charge in [-0.05, 0) is 31.7 Å². The van der Waals surface area contributed by atoms with E-state index in [-0.39, 0.29) is 17.6 Å². The molecule has 6 heteroatoms. The summed E-state index contributed by atoms with van der Waals surface area (Å²) in [6, 6.07) is 10.7. The van der Waals surface area contributed by atoms with Crippen LogP contribution in [0.25, 0.3) is 0 Å². The highest BCUT2D eigenvalue weighted by atomic mass is 32.1. The normalized spacial score (nSPS) is 23.1. The van der Waals surface area contributed by atoms with Gasteiger partial charge in [-0.3, -0.25) is 4.79 Å². The van der Waals surface area contributed by atoms with Crippen molar-refractivity contribution in [1.29, 1.82) is 0 Å². The molecule has 4 rings (SSSR count). The van der Waals surface area contributed by atoms with Crippen LogP contribution in [0, 0.1) is 0 Å². The van der Waals surface area contributed by atoms with E-state index in [1.165, 1.54) is 5.56 Å². The number of nitrogens with zero attached hydrogens (tertiary/aromatic N) is 3. The lowest BCUT2D eigenvalue weighted by Crippen LogP contribution is -2.61. The Morgan fingerprint density at radius 2 is 2.04 bits per heavy atom. The molecule has 1 aromatic carbocycles. The topological polar surface area (TPSA) is 45.7 Å². The quantitative estimate of drug-likeness (QED) is 0.794. The molecule has 1 amide bonds. The van der Waals surface area contributed by atoms with Gasteiger partial charge >= 0.3 is 0 Å². The number of aromatic nitrogens is 1. The smallest absolute Gasteiger partial charge is 0.251 e. The molecule has 2 aliphatic heterocycles. The lowest BCUT2D eigenvalue weighted by atomic mass is 9.88. The third-order valence-electron chi connectivity index (χ3n) is 5.70. The Hall–Kier alpha value is -1.76. The Morgan fingerprint density at radius 3 is 2.74 bits per heavy atom. The van der Waals surface area contributed by atoms with Crippen LogP contribution >= 0.6 is 11.3 Å². The number of rotatable bonds is 5. The lowest BCUT2D eigenvalue weighted by Gasteiger charge is -2.49. The molecule has 2 saturated heterocycles. The first kappa shape index (κ1) is 18.6. The summed E-state index contributed by atoms with van der Waals surface area (Å²) in [7, 11) is 0. The van der Waals surface area contributed by atoms with Gasteiger partial charge in [0.25, 0.3) is 5.91 Å². The number of morpholine rings is 1. The zero-order valence-corrected chi connectivity index (χ0v) is 16.7. The van der Waals surface area contributed by atoms with Crippen molar-refractivity contribution in [3.05, 3.63) is 52.5 Å². The van der Waals surface area contributed by atoms with Crippen molar-refractivity contribution < 1.29 is 9.53 Å². The first-order valence-electron chi connectivity index (χ1n) is 9.75. The standard InChI is InChI=1S/C21H27N3O2S/c1-17-20(25)24(15-19-22-10-14-27-19)16-21(26-17)8-12-23(13-9-21)11-7-18-5-3-2-4-6-18/h2-6,10,14,17H,7-9,11-13,15-16H2,1H3. The number of amides is 1. The van der Waals surface area contributed by atoms with Crippen molar-refractivity contribution in [1.82, 2.24) is 14.8 Å². The molecule has 3 heterocycles. The molecule has 2 aromatic rings. The number of hydrogen-bond acceptors (Lipinski definition) is 5. The fraction of sp³-hybridized carbons (Fsp3) is 0.524. The second kappa shape index (κ2) is 8.09. The lowest BCUT2D eigenvalue weighted by molar-refractivity contribution is -0.190. The highest BCUT2D eigenvalue weighted by Crippen LogP contribution is 2.33. The Morgan fingerprint density at radius 1 is 1.26 bits per heavy atom. The Balaban J connectivity index is 1.34. The monoisotopic (exact) mass is 385 g/mol. The minimum absolute atomic E-state index is 0.0855. The SMILES string of the molecule is CC1OC2(CCN(CCc3ccccc3)CC2)CN(Cc2nccs2)C1=O. The molecular weight excluding hydrogens is 358 g/mol. The van der Waals surface area contributed by atoms with Crippen LogP contribution in [-0.4, -0.2) is 58.6 Å². The van der Waals surface area contributed by atoms with Crippen LogP contribution in [0.15, 0.2) is 41.9 Å². The molecule has 0 radical (unpaired) electrons. The van der Waals surface area contributed by atoms with Crippen LogP contribution in [0.1, 0.15) is 30.3 Å². The van der Waals surface area contributed by atoms with E-state index in [9.17, 15) is 4.79 Å². The number of piperidine rings is 1. The molecule has 27 heavy (non-hydrogen) atoms. The van der Waals surface area contributed by atoms with Gasteiger partial charge in [0.2, 0.25) is 0 Å². The van der Waals surface area contributed by atoms with Gasteiger partial charge in [-0.25, -0.2) is 4.98 Å². The number of likely N-dealkylation sites (tertiary alicyclic amines) is 1. The van der Waals surface area contributed by atoms with E-state index in [0.717, 1.165) is 43.9 Å². The zero-order valence-electron chi connectivity index (χ0n) is 15.8. The van der Waals surface area contributed by atoms with Crippen LogP contribution in [0.2, 0.25) is 0 Å². The summed E-state index contributed by atoms with van der Waals surface area (Å²) in [5.74, 6) is 0.0855. The van der Waals surface area contributed by atoms with E-state index in [1.54, 1.807) is 17.5 Å². The number of benzene rings is 1. The maximum atomic E-state index is 12.6. The van der Waals surface area contributed by atoms with Crippen molar-refractivity contribution in [2.24, 2.45) is 0 Å². The number of carbonyl (C=O) groups is 1. The summed E-state index contributed by atoms with van der Waals surface area (Å²) in [5.41, 5.74) is 1.19. The number of carbonyl (C=O) groups excluding carboxylic acids is 1. The molecule has 1 spiro atoms. The number of hydrogen-bond donors (Lipinski definition) is 0. The summed E-state index contributed by atoms with van der Waals surface area (Å²) in [6.45, 7) is 6.31. The molecule has 1 atom stereocenters. The maximum absolute atomic E-state index is 12.6. The second-order valence-corrected chi connectivity index (χ2v) is 8.62. The van der Waals surface area contributed by atoms with E-state index >= 15 is 0 Å². The van der Waals surface area contributed by atoms with Gasteiger partial charge in [-0.1, -0.05) is 30.3 Å². The zero-order chi connectivity index (χ0) is 18.7. The van der Waals surface area contributed by atoms with Crippen LogP contribution in [0.3, 0.4) is 0 Å². The fourth-order valence-corrected chi connectivity index (χ4v) is 4.80.